The number of fused-ring (bicyclic) bond motifs is 1. The Hall–Kier alpha value is -2.18. The lowest BCUT2D eigenvalue weighted by Gasteiger charge is -2.27. The number of likely N-dealkylation sites (tertiary alicyclic amines) is 2. The molecule has 4 rings (SSSR count). The van der Waals surface area contributed by atoms with Crippen LogP contribution in [0.15, 0.2) is 42.7 Å². The maximum atomic E-state index is 12.8. The highest BCUT2D eigenvalue weighted by Crippen LogP contribution is 2.43. The predicted octanol–water partition coefficient (Wildman–Crippen LogP) is 1.47. The third-order valence-electron chi connectivity index (χ3n) is 5.87. The molecule has 1 amide bonds. The molecule has 2 aliphatic heterocycles. The van der Waals surface area contributed by atoms with Gasteiger partial charge in [-0.3, -0.25) is 14.4 Å². The molecule has 2 fully saturated rings. The molecule has 3 heterocycles. The summed E-state index contributed by atoms with van der Waals surface area (Å²) in [6.45, 7) is 7.02. The van der Waals surface area contributed by atoms with Gasteiger partial charge in [0, 0.05) is 62.0 Å². The van der Waals surface area contributed by atoms with E-state index in [-0.39, 0.29) is 17.9 Å². The molecule has 26 heavy (non-hydrogen) atoms. The Morgan fingerprint density at radius 1 is 1.27 bits per heavy atom. The predicted molar refractivity (Wildman–Crippen MR) is 98.5 cm³/mol. The molecule has 1 aromatic carbocycles. The molecule has 0 radical (unpaired) electrons. The lowest BCUT2D eigenvalue weighted by Crippen LogP contribution is -2.38. The zero-order valence-electron chi connectivity index (χ0n) is 15.2. The lowest BCUT2D eigenvalue weighted by atomic mass is 9.82. The number of benzene rings is 1. The van der Waals surface area contributed by atoms with Gasteiger partial charge < -0.3 is 10.0 Å². The fourth-order valence-corrected chi connectivity index (χ4v) is 4.47. The minimum atomic E-state index is -0.203. The Labute approximate surface area is 154 Å². The van der Waals surface area contributed by atoms with E-state index in [1.807, 2.05) is 46.1 Å². The molecule has 0 saturated carbocycles. The summed E-state index contributed by atoms with van der Waals surface area (Å²) in [4.78, 5) is 17.1. The average Bonchev–Trinajstić information content (AvgIpc) is 3.34. The van der Waals surface area contributed by atoms with Gasteiger partial charge in [-0.2, -0.15) is 5.10 Å². The monoisotopic (exact) mass is 354 g/mol. The first-order valence-electron chi connectivity index (χ1n) is 9.32. The fraction of sp³-hybridized carbons (Fsp3) is 0.500. The molecule has 0 bridgehead atoms. The minimum absolute atomic E-state index is 0.0728. The van der Waals surface area contributed by atoms with E-state index in [0.717, 1.165) is 38.3 Å². The topological polar surface area (TPSA) is 61.6 Å². The second-order valence-corrected chi connectivity index (χ2v) is 7.64. The second-order valence-electron chi connectivity index (χ2n) is 7.64. The Morgan fingerprint density at radius 3 is 2.73 bits per heavy atom. The molecule has 2 aliphatic rings. The average molecular weight is 354 g/mol. The molecule has 0 unspecified atom stereocenters. The molecule has 1 N–H and O–H groups in total. The molecule has 2 aromatic rings. The number of amides is 1. The number of hydrogen-bond acceptors (Lipinski definition) is 4. The van der Waals surface area contributed by atoms with Crippen LogP contribution < -0.4 is 0 Å². The molecule has 1 aromatic heterocycles. The maximum absolute atomic E-state index is 12.8. The standard InChI is InChI=1S/C20H26N4O2/c1-2-24-10-16(8-21-24)9-22-11-18-12-23(14-20(18,13-22)15-25)19(26)17-6-4-3-5-7-17/h3-8,10,18,25H,2,9,11-15H2,1H3/t18-,20+/m0/s1. The number of aliphatic hydroxyl groups is 1. The molecular weight excluding hydrogens is 328 g/mol. The highest BCUT2D eigenvalue weighted by atomic mass is 16.3. The lowest BCUT2D eigenvalue weighted by molar-refractivity contribution is 0.0719. The van der Waals surface area contributed by atoms with Crippen LogP contribution in [0.25, 0.3) is 0 Å². The van der Waals surface area contributed by atoms with Crippen LogP contribution in [0.2, 0.25) is 0 Å². The SMILES string of the molecule is CCn1cc(CN2C[C@H]3CN(C(=O)c4ccccc4)C[C@@]3(CO)C2)cn1. The van der Waals surface area contributed by atoms with Crippen molar-refractivity contribution in [2.45, 2.75) is 20.0 Å². The molecule has 138 valence electrons. The number of aliphatic hydroxyl groups excluding tert-OH is 1. The van der Waals surface area contributed by atoms with Gasteiger partial charge in [0.25, 0.3) is 5.91 Å². The van der Waals surface area contributed by atoms with Gasteiger partial charge in [-0.25, -0.2) is 0 Å². The summed E-state index contributed by atoms with van der Waals surface area (Å²) in [5.74, 6) is 0.393. The molecule has 6 heteroatoms. The third kappa shape index (κ3) is 3.04. The minimum Gasteiger partial charge on any atom is -0.396 e. The summed E-state index contributed by atoms with van der Waals surface area (Å²) in [6, 6.07) is 9.43. The van der Waals surface area contributed by atoms with Gasteiger partial charge in [0.15, 0.2) is 0 Å². The van der Waals surface area contributed by atoms with Crippen LogP contribution in [0.1, 0.15) is 22.8 Å². The van der Waals surface area contributed by atoms with Crippen molar-refractivity contribution < 1.29 is 9.90 Å². The van der Waals surface area contributed by atoms with E-state index in [9.17, 15) is 9.90 Å². The van der Waals surface area contributed by atoms with Crippen molar-refractivity contribution in [3.63, 3.8) is 0 Å². The van der Waals surface area contributed by atoms with Gasteiger partial charge in [-0.1, -0.05) is 18.2 Å². The molecule has 2 atom stereocenters. The number of rotatable bonds is 5. The van der Waals surface area contributed by atoms with E-state index >= 15 is 0 Å². The van der Waals surface area contributed by atoms with Crippen molar-refractivity contribution >= 4 is 5.91 Å². The quantitative estimate of drug-likeness (QED) is 0.883. The van der Waals surface area contributed by atoms with E-state index in [4.69, 9.17) is 0 Å². The Kier molecular flexibility index (Phi) is 4.54. The second kappa shape index (κ2) is 6.85. The summed E-state index contributed by atoms with van der Waals surface area (Å²) >= 11 is 0. The first-order chi connectivity index (χ1) is 12.6. The van der Waals surface area contributed by atoms with Gasteiger partial charge in [-0.15, -0.1) is 0 Å². The summed E-state index contributed by atoms with van der Waals surface area (Å²) in [5.41, 5.74) is 1.73. The van der Waals surface area contributed by atoms with Crippen LogP contribution in [0, 0.1) is 11.3 Å². The number of hydrogen-bond donors (Lipinski definition) is 1. The highest BCUT2D eigenvalue weighted by Gasteiger charge is 2.53. The first kappa shape index (κ1) is 17.2. The van der Waals surface area contributed by atoms with Gasteiger partial charge in [0.05, 0.1) is 12.8 Å². The molecule has 6 nitrogen and oxygen atoms in total. The summed E-state index contributed by atoms with van der Waals surface area (Å²) in [6.07, 6.45) is 4.01. The number of nitrogens with zero attached hydrogens (tertiary/aromatic N) is 4. The highest BCUT2D eigenvalue weighted by molar-refractivity contribution is 5.94. The fourth-order valence-electron chi connectivity index (χ4n) is 4.47. The van der Waals surface area contributed by atoms with Gasteiger partial charge >= 0.3 is 0 Å². The van der Waals surface area contributed by atoms with Crippen LogP contribution in [0.5, 0.6) is 0 Å². The number of carbonyl (C=O) groups is 1. The summed E-state index contributed by atoms with van der Waals surface area (Å²) in [7, 11) is 0. The Balaban J connectivity index is 1.43. The van der Waals surface area contributed by atoms with Crippen LogP contribution in [-0.2, 0) is 13.1 Å². The van der Waals surface area contributed by atoms with Crippen molar-refractivity contribution in [1.82, 2.24) is 19.6 Å². The van der Waals surface area contributed by atoms with Gasteiger partial charge in [0.1, 0.15) is 0 Å². The van der Waals surface area contributed by atoms with Crippen LogP contribution in [-0.4, -0.2) is 63.4 Å². The van der Waals surface area contributed by atoms with Crippen molar-refractivity contribution in [1.29, 1.82) is 0 Å². The largest absolute Gasteiger partial charge is 0.396 e. The van der Waals surface area contributed by atoms with E-state index < -0.39 is 0 Å². The van der Waals surface area contributed by atoms with Crippen LogP contribution in [0.3, 0.4) is 0 Å². The van der Waals surface area contributed by atoms with Gasteiger partial charge in [-0.05, 0) is 25.0 Å². The van der Waals surface area contributed by atoms with Crippen LogP contribution >= 0.6 is 0 Å². The van der Waals surface area contributed by atoms with E-state index in [1.54, 1.807) is 0 Å². The zero-order chi connectivity index (χ0) is 18.1. The molecule has 0 spiro atoms. The number of aryl methyl sites for hydroxylation is 1. The summed E-state index contributed by atoms with van der Waals surface area (Å²) in [5, 5.41) is 14.5. The number of aromatic nitrogens is 2. The van der Waals surface area contributed by atoms with Crippen molar-refractivity contribution in [2.75, 3.05) is 32.8 Å². The molecule has 0 aliphatic carbocycles. The summed E-state index contributed by atoms with van der Waals surface area (Å²) < 4.78 is 1.94. The first-order valence-corrected chi connectivity index (χ1v) is 9.32. The Bertz CT molecular complexity index is 775. The van der Waals surface area contributed by atoms with E-state index in [0.29, 0.717) is 12.5 Å². The molecular formula is C20H26N4O2. The van der Waals surface area contributed by atoms with Gasteiger partial charge in [0.2, 0.25) is 0 Å². The van der Waals surface area contributed by atoms with E-state index in [2.05, 4.69) is 23.1 Å². The van der Waals surface area contributed by atoms with Crippen molar-refractivity contribution in [3.05, 3.63) is 53.9 Å². The maximum Gasteiger partial charge on any atom is 0.253 e. The van der Waals surface area contributed by atoms with Crippen molar-refractivity contribution in [3.8, 4) is 0 Å². The van der Waals surface area contributed by atoms with Crippen molar-refractivity contribution in [2.24, 2.45) is 11.3 Å². The smallest absolute Gasteiger partial charge is 0.253 e. The van der Waals surface area contributed by atoms with E-state index in [1.165, 1.54) is 5.56 Å². The molecule has 2 saturated heterocycles. The normalized spacial score (nSPS) is 25.6. The van der Waals surface area contributed by atoms with Crippen LogP contribution in [0.4, 0.5) is 0 Å². The zero-order valence-corrected chi connectivity index (χ0v) is 15.2. The Morgan fingerprint density at radius 2 is 2.08 bits per heavy atom. The number of carbonyl (C=O) groups excluding carboxylic acids is 1. The third-order valence-corrected chi connectivity index (χ3v) is 5.87.